The van der Waals surface area contributed by atoms with Gasteiger partial charge in [-0.3, -0.25) is 4.98 Å². The van der Waals surface area contributed by atoms with Crippen molar-refractivity contribution in [2.45, 2.75) is 6.92 Å². The average Bonchev–Trinajstić information content (AvgIpc) is 2.27. The van der Waals surface area contributed by atoms with Crippen molar-refractivity contribution in [3.63, 3.8) is 0 Å². The minimum atomic E-state index is -0.307. The maximum Gasteiger partial charge on any atom is 0.338 e. The lowest BCUT2D eigenvalue weighted by molar-refractivity contribution is 0.0600. The number of benzene rings is 1. The van der Waals surface area contributed by atoms with Gasteiger partial charge in [0.1, 0.15) is 0 Å². The summed E-state index contributed by atoms with van der Waals surface area (Å²) < 4.78 is 4.71. The average molecular weight is 201 g/mol. The highest BCUT2D eigenvalue weighted by Crippen LogP contribution is 2.18. The Morgan fingerprint density at radius 2 is 2.20 bits per heavy atom. The summed E-state index contributed by atoms with van der Waals surface area (Å²) in [6, 6.07) is 7.47. The molecule has 0 saturated carbocycles. The Morgan fingerprint density at radius 3 is 2.93 bits per heavy atom. The van der Waals surface area contributed by atoms with Gasteiger partial charge in [-0.25, -0.2) is 4.79 Å². The third-order valence-corrected chi connectivity index (χ3v) is 2.35. The van der Waals surface area contributed by atoms with Crippen LogP contribution in [0.5, 0.6) is 0 Å². The van der Waals surface area contributed by atoms with Gasteiger partial charge in [0, 0.05) is 11.6 Å². The maximum atomic E-state index is 11.4. The van der Waals surface area contributed by atoms with Gasteiger partial charge >= 0.3 is 5.97 Å². The predicted octanol–water partition coefficient (Wildman–Crippen LogP) is 2.33. The Hall–Kier alpha value is -1.90. The standard InChI is InChI=1S/C12H11NO2/c1-8-6-11-9(4-3-5-13-11)7-10(8)12(14)15-2/h3-7H,1-2H3. The second-order valence-electron chi connectivity index (χ2n) is 3.35. The second kappa shape index (κ2) is 3.69. The fourth-order valence-corrected chi connectivity index (χ4v) is 1.55. The van der Waals surface area contributed by atoms with E-state index in [1.165, 1.54) is 7.11 Å². The zero-order valence-corrected chi connectivity index (χ0v) is 8.65. The van der Waals surface area contributed by atoms with Gasteiger partial charge in [0.05, 0.1) is 18.2 Å². The summed E-state index contributed by atoms with van der Waals surface area (Å²) in [5.74, 6) is -0.307. The lowest BCUT2D eigenvalue weighted by Crippen LogP contribution is -2.03. The molecule has 0 radical (unpaired) electrons. The molecule has 0 aliphatic carbocycles. The molecular formula is C12H11NO2. The zero-order chi connectivity index (χ0) is 10.8. The number of nitrogens with zero attached hydrogens (tertiary/aromatic N) is 1. The molecule has 0 atom stereocenters. The third-order valence-electron chi connectivity index (χ3n) is 2.35. The van der Waals surface area contributed by atoms with E-state index in [2.05, 4.69) is 4.98 Å². The monoisotopic (exact) mass is 201 g/mol. The molecule has 3 nitrogen and oxygen atoms in total. The van der Waals surface area contributed by atoms with E-state index < -0.39 is 0 Å². The third kappa shape index (κ3) is 1.68. The maximum absolute atomic E-state index is 11.4. The predicted molar refractivity (Wildman–Crippen MR) is 57.8 cm³/mol. The number of rotatable bonds is 1. The van der Waals surface area contributed by atoms with Gasteiger partial charge in [-0.2, -0.15) is 0 Å². The van der Waals surface area contributed by atoms with Crippen LogP contribution in [0.1, 0.15) is 15.9 Å². The van der Waals surface area contributed by atoms with E-state index in [0.717, 1.165) is 16.5 Å². The highest BCUT2D eigenvalue weighted by molar-refractivity contribution is 5.96. The van der Waals surface area contributed by atoms with Gasteiger partial charge in [-0.05, 0) is 30.7 Å². The highest BCUT2D eigenvalue weighted by atomic mass is 16.5. The normalized spacial score (nSPS) is 10.3. The molecule has 76 valence electrons. The molecule has 15 heavy (non-hydrogen) atoms. The van der Waals surface area contributed by atoms with Crippen molar-refractivity contribution >= 4 is 16.9 Å². The topological polar surface area (TPSA) is 39.2 Å². The van der Waals surface area contributed by atoms with Crippen molar-refractivity contribution in [1.82, 2.24) is 4.98 Å². The van der Waals surface area contributed by atoms with Gasteiger partial charge in [0.2, 0.25) is 0 Å². The van der Waals surface area contributed by atoms with E-state index in [0.29, 0.717) is 5.56 Å². The second-order valence-corrected chi connectivity index (χ2v) is 3.35. The van der Waals surface area contributed by atoms with Crippen LogP contribution >= 0.6 is 0 Å². The van der Waals surface area contributed by atoms with E-state index in [1.807, 2.05) is 31.2 Å². The number of methoxy groups -OCH3 is 1. The van der Waals surface area contributed by atoms with Crippen LogP contribution in [0, 0.1) is 6.92 Å². The van der Waals surface area contributed by atoms with Crippen LogP contribution < -0.4 is 0 Å². The number of carbonyl (C=O) groups excluding carboxylic acids is 1. The molecule has 0 bridgehead atoms. The van der Waals surface area contributed by atoms with Gasteiger partial charge in [-0.15, -0.1) is 0 Å². The van der Waals surface area contributed by atoms with Crippen molar-refractivity contribution in [1.29, 1.82) is 0 Å². The first-order chi connectivity index (χ1) is 7.22. The number of aromatic nitrogens is 1. The number of aryl methyl sites for hydroxylation is 1. The molecule has 0 amide bonds. The molecule has 2 aromatic rings. The van der Waals surface area contributed by atoms with E-state index in [9.17, 15) is 4.79 Å². The van der Waals surface area contributed by atoms with Crippen LogP contribution in [-0.2, 0) is 4.74 Å². The summed E-state index contributed by atoms with van der Waals surface area (Å²) in [6.45, 7) is 1.88. The number of ether oxygens (including phenoxy) is 1. The molecule has 1 heterocycles. The SMILES string of the molecule is COC(=O)c1cc2cccnc2cc1C. The Balaban J connectivity index is 2.67. The van der Waals surface area contributed by atoms with Crippen LogP contribution in [0.2, 0.25) is 0 Å². The van der Waals surface area contributed by atoms with Crippen molar-refractivity contribution in [2.75, 3.05) is 7.11 Å². The molecule has 0 N–H and O–H groups in total. The van der Waals surface area contributed by atoms with Crippen molar-refractivity contribution in [3.05, 3.63) is 41.6 Å². The summed E-state index contributed by atoms with van der Waals surface area (Å²) in [4.78, 5) is 15.7. The van der Waals surface area contributed by atoms with Gasteiger partial charge in [0.25, 0.3) is 0 Å². The molecule has 0 spiro atoms. The molecule has 1 aromatic heterocycles. The van der Waals surface area contributed by atoms with Crippen LogP contribution in [0.4, 0.5) is 0 Å². The number of esters is 1. The van der Waals surface area contributed by atoms with Crippen LogP contribution in [0.3, 0.4) is 0 Å². The van der Waals surface area contributed by atoms with Gasteiger partial charge in [-0.1, -0.05) is 6.07 Å². The largest absolute Gasteiger partial charge is 0.465 e. The van der Waals surface area contributed by atoms with E-state index in [-0.39, 0.29) is 5.97 Å². The Morgan fingerprint density at radius 1 is 1.40 bits per heavy atom. The van der Waals surface area contributed by atoms with E-state index >= 15 is 0 Å². The summed E-state index contributed by atoms with van der Waals surface area (Å²) in [5, 5.41) is 0.948. The molecule has 0 unspecified atom stereocenters. The number of hydrogen-bond acceptors (Lipinski definition) is 3. The fraction of sp³-hybridized carbons (Fsp3) is 0.167. The van der Waals surface area contributed by atoms with Crippen molar-refractivity contribution in [3.8, 4) is 0 Å². The van der Waals surface area contributed by atoms with Gasteiger partial charge < -0.3 is 4.74 Å². The lowest BCUT2D eigenvalue weighted by atomic mass is 10.1. The summed E-state index contributed by atoms with van der Waals surface area (Å²) in [5.41, 5.74) is 2.37. The molecule has 0 saturated heterocycles. The molecule has 0 aliphatic heterocycles. The van der Waals surface area contributed by atoms with Gasteiger partial charge in [0.15, 0.2) is 0 Å². The molecular weight excluding hydrogens is 190 g/mol. The van der Waals surface area contributed by atoms with Crippen molar-refractivity contribution < 1.29 is 9.53 Å². The minimum absolute atomic E-state index is 0.307. The first-order valence-corrected chi connectivity index (χ1v) is 4.66. The summed E-state index contributed by atoms with van der Waals surface area (Å²) in [7, 11) is 1.38. The number of hydrogen-bond donors (Lipinski definition) is 0. The summed E-state index contributed by atoms with van der Waals surface area (Å²) in [6.07, 6.45) is 1.74. The minimum Gasteiger partial charge on any atom is -0.465 e. The Labute approximate surface area is 87.7 Å². The number of pyridine rings is 1. The van der Waals surface area contributed by atoms with E-state index in [1.54, 1.807) is 6.20 Å². The molecule has 1 aromatic carbocycles. The molecule has 3 heteroatoms. The van der Waals surface area contributed by atoms with Crippen LogP contribution in [-0.4, -0.2) is 18.1 Å². The molecule has 2 rings (SSSR count). The Bertz CT molecular complexity index is 520. The highest BCUT2D eigenvalue weighted by Gasteiger charge is 2.10. The Kier molecular flexibility index (Phi) is 2.37. The first kappa shape index (κ1) is 9.65. The first-order valence-electron chi connectivity index (χ1n) is 4.66. The van der Waals surface area contributed by atoms with Crippen molar-refractivity contribution in [2.24, 2.45) is 0 Å². The van der Waals surface area contributed by atoms with Crippen LogP contribution in [0.25, 0.3) is 10.9 Å². The molecule has 0 aliphatic rings. The summed E-state index contributed by atoms with van der Waals surface area (Å²) >= 11 is 0. The molecule has 0 fully saturated rings. The lowest BCUT2D eigenvalue weighted by Gasteiger charge is -2.05. The van der Waals surface area contributed by atoms with E-state index in [4.69, 9.17) is 4.74 Å². The zero-order valence-electron chi connectivity index (χ0n) is 8.65. The smallest absolute Gasteiger partial charge is 0.338 e. The quantitative estimate of drug-likeness (QED) is 0.665. The fourth-order valence-electron chi connectivity index (χ4n) is 1.55. The van der Waals surface area contributed by atoms with Crippen LogP contribution in [0.15, 0.2) is 30.5 Å². The number of carbonyl (C=O) groups is 1. The number of fused-ring (bicyclic) bond motifs is 1.